The molecule has 0 aromatic heterocycles. The number of rotatable bonds is 6. The van der Waals surface area contributed by atoms with Crippen LogP contribution >= 0.6 is 11.6 Å². The maximum absolute atomic E-state index is 13.1. The Labute approximate surface area is 169 Å². The third-order valence-corrected chi connectivity index (χ3v) is 4.68. The van der Waals surface area contributed by atoms with Crippen LogP contribution in [0.2, 0.25) is 5.02 Å². The third-order valence-electron chi connectivity index (χ3n) is 4.44. The predicted molar refractivity (Wildman–Crippen MR) is 99.2 cm³/mol. The molecule has 2 rings (SSSR count). The lowest BCUT2D eigenvalue weighted by Gasteiger charge is -2.29. The number of nitrogens with zero attached hydrogens (tertiary/aromatic N) is 1. The average Bonchev–Trinajstić information content (AvgIpc) is 2.66. The van der Waals surface area contributed by atoms with Crippen molar-refractivity contribution in [1.29, 1.82) is 0 Å². The fourth-order valence-electron chi connectivity index (χ4n) is 2.99. The molecule has 6 nitrogen and oxygen atoms in total. The van der Waals surface area contributed by atoms with Gasteiger partial charge in [-0.1, -0.05) is 17.7 Å². The van der Waals surface area contributed by atoms with Gasteiger partial charge < -0.3 is 9.47 Å². The van der Waals surface area contributed by atoms with Gasteiger partial charge in [0, 0.05) is 16.7 Å². The second-order valence-electron chi connectivity index (χ2n) is 6.18. The minimum absolute atomic E-state index is 0.0499. The van der Waals surface area contributed by atoms with Crippen LogP contribution in [-0.2, 0) is 21.1 Å². The van der Waals surface area contributed by atoms with E-state index in [0.717, 1.165) is 6.07 Å². The molecule has 1 unspecified atom stereocenters. The Hall–Kier alpha value is -2.81. The number of benzene rings is 2. The number of esters is 1. The summed E-state index contributed by atoms with van der Waals surface area (Å²) in [6, 6.07) is 6.26. The van der Waals surface area contributed by atoms with Gasteiger partial charge in [0.15, 0.2) is 0 Å². The fraction of sp³-hybridized carbons (Fsp3) is 0.316. The molecule has 2 aromatic rings. The highest BCUT2D eigenvalue weighted by molar-refractivity contribution is 6.30. The molecule has 0 N–H and O–H groups in total. The second-order valence-corrected chi connectivity index (χ2v) is 6.61. The van der Waals surface area contributed by atoms with E-state index in [9.17, 15) is 28.1 Å². The van der Waals surface area contributed by atoms with Crippen molar-refractivity contribution in [2.45, 2.75) is 25.4 Å². The molecule has 0 aliphatic heterocycles. The van der Waals surface area contributed by atoms with Gasteiger partial charge in [-0.15, -0.1) is 0 Å². The summed E-state index contributed by atoms with van der Waals surface area (Å²) in [5.41, 5.74) is -4.11. The summed E-state index contributed by atoms with van der Waals surface area (Å²) in [7, 11) is 1.32. The highest BCUT2D eigenvalue weighted by Gasteiger charge is 2.46. The lowest BCUT2D eigenvalue weighted by molar-refractivity contribution is -0.386. The van der Waals surface area contributed by atoms with E-state index in [4.69, 9.17) is 21.1 Å². The molecule has 29 heavy (non-hydrogen) atoms. The van der Waals surface area contributed by atoms with Crippen LogP contribution in [0.4, 0.5) is 18.9 Å². The molecule has 10 heteroatoms. The van der Waals surface area contributed by atoms with Gasteiger partial charge in [-0.25, -0.2) is 0 Å². The molecule has 0 heterocycles. The first-order valence-corrected chi connectivity index (χ1v) is 8.72. The van der Waals surface area contributed by atoms with Crippen LogP contribution in [0.25, 0.3) is 0 Å². The topological polar surface area (TPSA) is 78.7 Å². The van der Waals surface area contributed by atoms with Crippen LogP contribution in [0.5, 0.6) is 5.75 Å². The molecule has 0 aliphatic rings. The fourth-order valence-corrected chi connectivity index (χ4v) is 3.17. The van der Waals surface area contributed by atoms with E-state index < -0.39 is 33.7 Å². The minimum atomic E-state index is -4.79. The van der Waals surface area contributed by atoms with Gasteiger partial charge in [-0.2, -0.15) is 13.2 Å². The van der Waals surface area contributed by atoms with Crippen molar-refractivity contribution in [3.05, 3.63) is 68.2 Å². The number of nitro groups is 1. The zero-order valence-electron chi connectivity index (χ0n) is 15.7. The molecular formula is C19H17ClF3NO5. The van der Waals surface area contributed by atoms with Crippen LogP contribution in [0.15, 0.2) is 36.4 Å². The van der Waals surface area contributed by atoms with Gasteiger partial charge in [0.25, 0.3) is 5.69 Å². The Morgan fingerprint density at radius 1 is 1.17 bits per heavy atom. The number of methoxy groups -OCH3 is 1. The van der Waals surface area contributed by atoms with Gasteiger partial charge in [-0.3, -0.25) is 14.9 Å². The maximum atomic E-state index is 13.1. The zero-order chi connectivity index (χ0) is 22.0. The van der Waals surface area contributed by atoms with Crippen molar-refractivity contribution < 1.29 is 32.4 Å². The molecule has 0 bridgehead atoms. The average molecular weight is 432 g/mol. The summed E-state index contributed by atoms with van der Waals surface area (Å²) < 4.78 is 49.6. The Bertz CT molecular complexity index is 948. The molecule has 156 valence electrons. The number of hydrogen-bond donors (Lipinski definition) is 0. The Morgan fingerprint density at radius 2 is 1.83 bits per heavy atom. The molecule has 0 radical (unpaired) electrons. The van der Waals surface area contributed by atoms with E-state index in [2.05, 4.69) is 0 Å². The number of carbonyl (C=O) groups is 1. The first-order chi connectivity index (χ1) is 13.5. The molecule has 1 atom stereocenters. The van der Waals surface area contributed by atoms with Crippen molar-refractivity contribution >= 4 is 23.3 Å². The van der Waals surface area contributed by atoms with E-state index in [0.29, 0.717) is 12.1 Å². The largest absolute Gasteiger partial charge is 0.496 e. The summed E-state index contributed by atoms with van der Waals surface area (Å²) in [5.74, 6) is -0.734. The van der Waals surface area contributed by atoms with Crippen LogP contribution in [0.1, 0.15) is 30.5 Å². The molecule has 0 fully saturated rings. The molecule has 0 amide bonds. The smallest absolute Gasteiger partial charge is 0.416 e. The Kier molecular flexibility index (Phi) is 6.42. The number of carbonyl (C=O) groups excluding carboxylic acids is 1. The summed E-state index contributed by atoms with van der Waals surface area (Å²) in [4.78, 5) is 23.6. The second kappa shape index (κ2) is 8.28. The van der Waals surface area contributed by atoms with Crippen LogP contribution < -0.4 is 4.74 Å². The van der Waals surface area contributed by atoms with Crippen LogP contribution in [-0.4, -0.2) is 24.6 Å². The first-order valence-electron chi connectivity index (χ1n) is 8.34. The number of nitro benzene ring substituents is 1. The van der Waals surface area contributed by atoms with Gasteiger partial charge in [0.05, 0.1) is 29.8 Å². The standard InChI is InChI=1S/C19H17ClF3NO5/c1-4-29-17(25)18(2,14-10-12(20)6-8-16(14)28-3)13-7-5-11(19(21,22)23)9-15(13)24(26)27/h5-10H,4H2,1-3H3. The molecule has 0 spiro atoms. The lowest BCUT2D eigenvalue weighted by atomic mass is 9.74. The van der Waals surface area contributed by atoms with E-state index in [1.165, 1.54) is 39.2 Å². The SMILES string of the molecule is CCOC(=O)C(C)(c1cc(Cl)ccc1OC)c1ccc(C(F)(F)F)cc1[N+](=O)[O-]. The van der Waals surface area contributed by atoms with Gasteiger partial charge >= 0.3 is 12.1 Å². The predicted octanol–water partition coefficient (Wildman–Crippen LogP) is 5.14. The summed E-state index contributed by atoms with van der Waals surface area (Å²) in [6.07, 6.45) is -4.79. The van der Waals surface area contributed by atoms with Crippen LogP contribution in [0, 0.1) is 10.1 Å². The normalized spacial score (nSPS) is 13.5. The Balaban J connectivity index is 2.90. The van der Waals surface area contributed by atoms with E-state index in [-0.39, 0.29) is 28.5 Å². The van der Waals surface area contributed by atoms with Crippen molar-refractivity contribution in [1.82, 2.24) is 0 Å². The van der Waals surface area contributed by atoms with Crippen LogP contribution in [0.3, 0.4) is 0 Å². The van der Waals surface area contributed by atoms with Gasteiger partial charge in [0.2, 0.25) is 0 Å². The molecule has 0 aliphatic carbocycles. The highest BCUT2D eigenvalue weighted by Crippen LogP contribution is 2.45. The zero-order valence-corrected chi connectivity index (χ0v) is 16.4. The number of ether oxygens (including phenoxy) is 2. The number of halogens is 4. The minimum Gasteiger partial charge on any atom is -0.496 e. The quantitative estimate of drug-likeness (QED) is 0.359. The van der Waals surface area contributed by atoms with Crippen molar-refractivity contribution in [2.75, 3.05) is 13.7 Å². The van der Waals surface area contributed by atoms with Gasteiger partial charge in [0.1, 0.15) is 11.2 Å². The monoisotopic (exact) mass is 431 g/mol. The first kappa shape index (κ1) is 22.5. The van der Waals surface area contributed by atoms with E-state index in [1.54, 1.807) is 0 Å². The van der Waals surface area contributed by atoms with Gasteiger partial charge in [-0.05, 0) is 38.1 Å². The highest BCUT2D eigenvalue weighted by atomic mass is 35.5. The summed E-state index contributed by atoms with van der Waals surface area (Å²) >= 11 is 6.05. The molecular weight excluding hydrogens is 415 g/mol. The van der Waals surface area contributed by atoms with Crippen molar-refractivity contribution in [3.8, 4) is 5.75 Å². The van der Waals surface area contributed by atoms with E-state index >= 15 is 0 Å². The van der Waals surface area contributed by atoms with Crippen molar-refractivity contribution in [2.24, 2.45) is 0 Å². The molecule has 0 saturated heterocycles. The number of hydrogen-bond acceptors (Lipinski definition) is 5. The third kappa shape index (κ3) is 4.29. The number of alkyl halides is 3. The molecule has 2 aromatic carbocycles. The Morgan fingerprint density at radius 3 is 2.34 bits per heavy atom. The van der Waals surface area contributed by atoms with E-state index in [1.807, 2.05) is 0 Å². The van der Waals surface area contributed by atoms with Crippen molar-refractivity contribution in [3.63, 3.8) is 0 Å². The summed E-state index contributed by atoms with van der Waals surface area (Å²) in [5, 5.41) is 11.8. The summed E-state index contributed by atoms with van der Waals surface area (Å²) in [6.45, 7) is 2.80. The lowest BCUT2D eigenvalue weighted by Crippen LogP contribution is -2.37. The molecule has 0 saturated carbocycles. The maximum Gasteiger partial charge on any atom is 0.416 e.